The molecule has 1 unspecified atom stereocenters. The number of ether oxygens (including phenoxy) is 1. The molecule has 1 atom stereocenters. The van der Waals surface area contributed by atoms with Crippen LogP contribution in [-0.2, 0) is 4.74 Å². The molecule has 0 saturated carbocycles. The van der Waals surface area contributed by atoms with Gasteiger partial charge in [0.25, 0.3) is 0 Å². The first kappa shape index (κ1) is 14.2. The SMILES string of the molecule is CN1CCOC(CN(C)c2cccc(C(N)=S)c2)C1. The number of benzene rings is 1. The molecule has 2 rings (SSSR count). The average molecular weight is 279 g/mol. The Morgan fingerprint density at radius 3 is 3.05 bits per heavy atom. The average Bonchev–Trinajstić information content (AvgIpc) is 2.39. The number of hydrogen-bond donors (Lipinski definition) is 1. The topological polar surface area (TPSA) is 41.7 Å². The Labute approximate surface area is 120 Å². The standard InChI is InChI=1S/C14H21N3OS/c1-16-6-7-18-13(9-16)10-17(2)12-5-3-4-11(8-12)14(15)19/h3-5,8,13H,6-7,9-10H2,1-2H3,(H2,15,19). The highest BCUT2D eigenvalue weighted by Crippen LogP contribution is 2.16. The lowest BCUT2D eigenvalue weighted by Gasteiger charge is -2.33. The van der Waals surface area contributed by atoms with Crippen LogP contribution in [0.4, 0.5) is 5.69 Å². The number of likely N-dealkylation sites (N-methyl/N-ethyl adjacent to an activating group) is 2. The molecule has 1 aliphatic rings. The van der Waals surface area contributed by atoms with E-state index in [-0.39, 0.29) is 6.10 Å². The van der Waals surface area contributed by atoms with Crippen LogP contribution in [0.5, 0.6) is 0 Å². The van der Waals surface area contributed by atoms with Crippen molar-refractivity contribution >= 4 is 22.9 Å². The van der Waals surface area contributed by atoms with Gasteiger partial charge in [-0.05, 0) is 19.2 Å². The van der Waals surface area contributed by atoms with E-state index < -0.39 is 0 Å². The van der Waals surface area contributed by atoms with Gasteiger partial charge in [-0.2, -0.15) is 0 Å². The van der Waals surface area contributed by atoms with E-state index in [0.717, 1.165) is 37.5 Å². The highest BCUT2D eigenvalue weighted by molar-refractivity contribution is 7.80. The van der Waals surface area contributed by atoms with Gasteiger partial charge in [0.15, 0.2) is 0 Å². The maximum atomic E-state index is 5.78. The first-order valence-corrected chi connectivity index (χ1v) is 6.88. The zero-order valence-corrected chi connectivity index (χ0v) is 12.3. The van der Waals surface area contributed by atoms with Crippen molar-refractivity contribution in [3.05, 3.63) is 29.8 Å². The maximum absolute atomic E-state index is 5.78. The minimum atomic E-state index is 0.247. The van der Waals surface area contributed by atoms with E-state index in [4.69, 9.17) is 22.7 Å². The van der Waals surface area contributed by atoms with Gasteiger partial charge in [0, 0.05) is 37.9 Å². The molecular formula is C14H21N3OS. The van der Waals surface area contributed by atoms with Crippen molar-refractivity contribution in [3.8, 4) is 0 Å². The van der Waals surface area contributed by atoms with Crippen LogP contribution in [0.15, 0.2) is 24.3 Å². The Bertz CT molecular complexity index is 452. The van der Waals surface area contributed by atoms with E-state index in [0.29, 0.717) is 4.99 Å². The summed E-state index contributed by atoms with van der Waals surface area (Å²) in [5.41, 5.74) is 7.68. The minimum absolute atomic E-state index is 0.247. The number of nitrogens with two attached hydrogens (primary N) is 1. The lowest BCUT2D eigenvalue weighted by atomic mass is 10.2. The van der Waals surface area contributed by atoms with Crippen LogP contribution in [0.1, 0.15) is 5.56 Å². The van der Waals surface area contributed by atoms with Gasteiger partial charge in [-0.25, -0.2) is 0 Å². The van der Waals surface area contributed by atoms with Gasteiger partial charge in [-0.1, -0.05) is 24.4 Å². The van der Waals surface area contributed by atoms with Crippen molar-refractivity contribution in [2.45, 2.75) is 6.10 Å². The number of anilines is 1. The van der Waals surface area contributed by atoms with Crippen LogP contribution in [0.2, 0.25) is 0 Å². The lowest BCUT2D eigenvalue weighted by Crippen LogP contribution is -2.45. The summed E-state index contributed by atoms with van der Waals surface area (Å²) in [6.07, 6.45) is 0.247. The highest BCUT2D eigenvalue weighted by atomic mass is 32.1. The van der Waals surface area contributed by atoms with Crippen molar-refractivity contribution in [2.24, 2.45) is 5.73 Å². The Kier molecular flexibility index (Phi) is 4.74. The molecule has 0 aromatic heterocycles. The fraction of sp³-hybridized carbons (Fsp3) is 0.500. The van der Waals surface area contributed by atoms with Crippen LogP contribution >= 0.6 is 12.2 Å². The summed E-state index contributed by atoms with van der Waals surface area (Å²) < 4.78 is 5.78. The van der Waals surface area contributed by atoms with Crippen molar-refractivity contribution in [2.75, 3.05) is 45.2 Å². The molecule has 0 bridgehead atoms. The predicted octanol–water partition coefficient (Wildman–Crippen LogP) is 1.09. The molecule has 19 heavy (non-hydrogen) atoms. The zero-order chi connectivity index (χ0) is 13.8. The van der Waals surface area contributed by atoms with Gasteiger partial charge in [0.2, 0.25) is 0 Å². The van der Waals surface area contributed by atoms with E-state index in [9.17, 15) is 0 Å². The molecule has 5 heteroatoms. The van der Waals surface area contributed by atoms with Crippen LogP contribution in [0.3, 0.4) is 0 Å². The summed E-state index contributed by atoms with van der Waals surface area (Å²) >= 11 is 5.01. The first-order chi connectivity index (χ1) is 9.06. The Morgan fingerprint density at radius 2 is 2.37 bits per heavy atom. The number of nitrogens with zero attached hydrogens (tertiary/aromatic N) is 2. The van der Waals surface area contributed by atoms with Crippen LogP contribution in [-0.4, -0.2) is 56.3 Å². The van der Waals surface area contributed by atoms with E-state index >= 15 is 0 Å². The molecule has 1 fully saturated rings. The lowest BCUT2D eigenvalue weighted by molar-refractivity contribution is -0.0143. The predicted molar refractivity (Wildman–Crippen MR) is 82.8 cm³/mol. The summed E-state index contributed by atoms with van der Waals surface area (Å²) in [5.74, 6) is 0. The normalized spacial score (nSPS) is 20.2. The first-order valence-electron chi connectivity index (χ1n) is 6.47. The molecule has 1 aliphatic heterocycles. The molecule has 1 aromatic carbocycles. The zero-order valence-electron chi connectivity index (χ0n) is 11.5. The molecular weight excluding hydrogens is 258 g/mol. The molecule has 104 valence electrons. The van der Waals surface area contributed by atoms with Crippen LogP contribution in [0, 0.1) is 0 Å². The van der Waals surface area contributed by atoms with Gasteiger partial charge in [-0.15, -0.1) is 0 Å². The van der Waals surface area contributed by atoms with Crippen LogP contribution in [0.25, 0.3) is 0 Å². The molecule has 1 heterocycles. The molecule has 0 spiro atoms. The molecule has 1 aromatic rings. The van der Waals surface area contributed by atoms with E-state index in [2.05, 4.69) is 30.0 Å². The van der Waals surface area contributed by atoms with Gasteiger partial charge in [-0.3, -0.25) is 0 Å². The number of morpholine rings is 1. The van der Waals surface area contributed by atoms with Crippen LogP contribution < -0.4 is 10.6 Å². The van der Waals surface area contributed by atoms with Gasteiger partial charge in [0.05, 0.1) is 12.7 Å². The third-order valence-corrected chi connectivity index (χ3v) is 3.63. The summed E-state index contributed by atoms with van der Waals surface area (Å²) in [5, 5.41) is 0. The number of hydrogen-bond acceptors (Lipinski definition) is 4. The maximum Gasteiger partial charge on any atom is 0.104 e. The van der Waals surface area contributed by atoms with Crippen molar-refractivity contribution in [3.63, 3.8) is 0 Å². The minimum Gasteiger partial charge on any atom is -0.389 e. The van der Waals surface area contributed by atoms with Crippen molar-refractivity contribution < 1.29 is 4.74 Å². The van der Waals surface area contributed by atoms with Gasteiger partial charge < -0.3 is 20.3 Å². The molecule has 2 N–H and O–H groups in total. The third kappa shape index (κ3) is 3.89. The third-order valence-electron chi connectivity index (χ3n) is 3.39. The molecule has 0 amide bonds. The molecule has 1 saturated heterocycles. The number of rotatable bonds is 4. The summed E-state index contributed by atoms with van der Waals surface area (Å²) in [6, 6.07) is 8.00. The highest BCUT2D eigenvalue weighted by Gasteiger charge is 2.19. The van der Waals surface area contributed by atoms with Gasteiger partial charge >= 0.3 is 0 Å². The molecule has 4 nitrogen and oxygen atoms in total. The Balaban J connectivity index is 2.01. The van der Waals surface area contributed by atoms with Crippen molar-refractivity contribution in [1.82, 2.24) is 4.90 Å². The summed E-state index contributed by atoms with van der Waals surface area (Å²) in [7, 11) is 4.19. The monoisotopic (exact) mass is 279 g/mol. The Hall–Kier alpha value is -1.17. The quantitative estimate of drug-likeness (QED) is 0.836. The largest absolute Gasteiger partial charge is 0.389 e. The second-order valence-electron chi connectivity index (χ2n) is 5.05. The molecule has 0 radical (unpaired) electrons. The van der Waals surface area contributed by atoms with Gasteiger partial charge in [0.1, 0.15) is 4.99 Å². The molecule has 0 aliphatic carbocycles. The van der Waals surface area contributed by atoms with Crippen molar-refractivity contribution in [1.29, 1.82) is 0 Å². The Morgan fingerprint density at radius 1 is 1.58 bits per heavy atom. The summed E-state index contributed by atoms with van der Waals surface area (Å²) in [6.45, 7) is 3.66. The fourth-order valence-corrected chi connectivity index (χ4v) is 2.41. The smallest absolute Gasteiger partial charge is 0.104 e. The second kappa shape index (κ2) is 6.32. The van der Waals surface area contributed by atoms with E-state index in [1.807, 2.05) is 18.2 Å². The fourth-order valence-electron chi connectivity index (χ4n) is 2.28. The summed E-state index contributed by atoms with van der Waals surface area (Å²) in [4.78, 5) is 4.92. The second-order valence-corrected chi connectivity index (χ2v) is 5.49. The van der Waals surface area contributed by atoms with E-state index in [1.165, 1.54) is 0 Å². The number of thiocarbonyl (C=S) groups is 1. The van der Waals surface area contributed by atoms with E-state index in [1.54, 1.807) is 0 Å².